The Morgan fingerprint density at radius 1 is 0.909 bits per heavy atom. The van der Waals surface area contributed by atoms with Crippen LogP contribution >= 0.6 is 0 Å². The smallest absolute Gasteiger partial charge is 0.352 e. The number of carbonyl (C=O) groups is 1. The third-order valence-corrected chi connectivity index (χ3v) is 8.34. The van der Waals surface area contributed by atoms with Crippen molar-refractivity contribution in [2.24, 2.45) is 0 Å². The molecule has 0 unspecified atom stereocenters. The minimum atomic E-state index is -4.98. The highest BCUT2D eigenvalue weighted by Crippen LogP contribution is 2.34. The van der Waals surface area contributed by atoms with E-state index in [0.717, 1.165) is 30.8 Å². The van der Waals surface area contributed by atoms with Gasteiger partial charge in [0.25, 0.3) is 0 Å². The summed E-state index contributed by atoms with van der Waals surface area (Å²) in [5.74, 6) is -1.19. The normalized spacial score (nSPS) is 19.0. The first-order valence-electron chi connectivity index (χ1n) is 10.8. The van der Waals surface area contributed by atoms with Crippen LogP contribution in [0.15, 0.2) is 29.2 Å². The number of nitrogens with zero attached hydrogens (tertiary/aromatic N) is 5. The lowest BCUT2D eigenvalue weighted by Crippen LogP contribution is -2.49. The van der Waals surface area contributed by atoms with Crippen molar-refractivity contribution in [2.75, 3.05) is 42.5 Å². The van der Waals surface area contributed by atoms with Crippen LogP contribution < -0.4 is 9.80 Å². The molecule has 0 radical (unpaired) electrons. The van der Waals surface area contributed by atoms with Gasteiger partial charge in [0.05, 0.1) is 10.6 Å². The van der Waals surface area contributed by atoms with Crippen LogP contribution in [0.1, 0.15) is 23.2 Å². The summed E-state index contributed by atoms with van der Waals surface area (Å²) in [4.78, 5) is 14.3. The number of sulfonamides is 1. The van der Waals surface area contributed by atoms with Crippen LogP contribution in [0, 0.1) is 0 Å². The largest absolute Gasteiger partial charge is 0.471 e. The Morgan fingerprint density at radius 3 is 2.39 bits per heavy atom. The van der Waals surface area contributed by atoms with E-state index in [9.17, 15) is 26.4 Å². The van der Waals surface area contributed by atoms with Gasteiger partial charge in [-0.2, -0.15) is 22.6 Å². The third kappa shape index (κ3) is 3.95. The molecule has 5 rings (SSSR count). The van der Waals surface area contributed by atoms with Crippen molar-refractivity contribution in [3.8, 4) is 0 Å². The van der Waals surface area contributed by atoms with Crippen LogP contribution in [-0.4, -0.2) is 67.7 Å². The van der Waals surface area contributed by atoms with Gasteiger partial charge in [-0.1, -0.05) is 0 Å². The average Bonchev–Trinajstić information content (AvgIpc) is 3.44. The van der Waals surface area contributed by atoms with E-state index in [-0.39, 0.29) is 36.6 Å². The standard InChI is InChI=1S/C21H22F3N5O3S/c22-21(23,24)20(30)29-7-6-15-12-16(4-5-18(15)29)33(31,32)28-10-8-27(9-11-28)19-13-14-2-1-3-17(14)25-26-19/h4-5,12-13H,1-3,6-11H2. The van der Waals surface area contributed by atoms with Crippen molar-refractivity contribution >= 4 is 27.4 Å². The summed E-state index contributed by atoms with van der Waals surface area (Å²) in [7, 11) is -3.82. The van der Waals surface area contributed by atoms with E-state index < -0.39 is 22.1 Å². The summed E-state index contributed by atoms with van der Waals surface area (Å²) >= 11 is 0. The van der Waals surface area contributed by atoms with E-state index in [1.54, 1.807) is 0 Å². The monoisotopic (exact) mass is 481 g/mol. The lowest BCUT2D eigenvalue weighted by molar-refractivity contribution is -0.170. The van der Waals surface area contributed by atoms with Crippen molar-refractivity contribution in [1.29, 1.82) is 0 Å². The zero-order valence-corrected chi connectivity index (χ0v) is 18.5. The molecule has 3 aliphatic rings. The number of rotatable bonds is 3. The van der Waals surface area contributed by atoms with Crippen LogP contribution in [0.25, 0.3) is 0 Å². The minimum absolute atomic E-state index is 0.0216. The molecule has 0 N–H and O–H groups in total. The van der Waals surface area contributed by atoms with Gasteiger partial charge in [-0.05, 0) is 61.1 Å². The van der Waals surface area contributed by atoms with Crippen molar-refractivity contribution < 1.29 is 26.4 Å². The zero-order chi connectivity index (χ0) is 23.4. The molecule has 8 nitrogen and oxygen atoms in total. The van der Waals surface area contributed by atoms with Gasteiger partial charge in [0.1, 0.15) is 0 Å². The van der Waals surface area contributed by atoms with Crippen molar-refractivity contribution in [1.82, 2.24) is 14.5 Å². The maximum absolute atomic E-state index is 13.2. The number of alkyl halides is 3. The molecule has 0 bridgehead atoms. The van der Waals surface area contributed by atoms with Gasteiger partial charge in [-0.25, -0.2) is 8.42 Å². The van der Waals surface area contributed by atoms with Gasteiger partial charge in [-0.3, -0.25) is 4.79 Å². The van der Waals surface area contributed by atoms with E-state index in [0.29, 0.717) is 23.6 Å². The Labute approximate surface area is 189 Å². The van der Waals surface area contributed by atoms with Crippen LogP contribution in [0.3, 0.4) is 0 Å². The van der Waals surface area contributed by atoms with Crippen LogP contribution in [-0.2, 0) is 34.1 Å². The number of aromatic nitrogens is 2. The summed E-state index contributed by atoms with van der Waals surface area (Å²) in [6.45, 7) is 1.32. The maximum atomic E-state index is 13.2. The molecule has 0 atom stereocenters. The van der Waals surface area contributed by atoms with Crippen LogP contribution in [0.4, 0.5) is 24.7 Å². The maximum Gasteiger partial charge on any atom is 0.471 e. The average molecular weight is 482 g/mol. The van der Waals surface area contributed by atoms with Crippen molar-refractivity contribution in [2.45, 2.75) is 36.8 Å². The van der Waals surface area contributed by atoms with E-state index in [2.05, 4.69) is 10.2 Å². The quantitative estimate of drug-likeness (QED) is 0.666. The molecule has 176 valence electrons. The fraction of sp³-hybridized carbons (Fsp3) is 0.476. The Bertz CT molecular complexity index is 1210. The van der Waals surface area contributed by atoms with E-state index >= 15 is 0 Å². The number of hydrogen-bond acceptors (Lipinski definition) is 6. The second-order valence-electron chi connectivity index (χ2n) is 8.41. The number of hydrogen-bond donors (Lipinski definition) is 0. The second-order valence-corrected chi connectivity index (χ2v) is 10.4. The highest BCUT2D eigenvalue weighted by molar-refractivity contribution is 7.89. The Hall–Kier alpha value is -2.73. The number of piperazine rings is 1. The fourth-order valence-corrected chi connectivity index (χ4v) is 6.15. The second kappa shape index (κ2) is 7.94. The lowest BCUT2D eigenvalue weighted by Gasteiger charge is -2.34. The Kier molecular flexibility index (Phi) is 5.31. The molecule has 2 aromatic rings. The molecular formula is C21H22F3N5O3S. The summed E-state index contributed by atoms with van der Waals surface area (Å²) in [6.07, 6.45) is -1.81. The Balaban J connectivity index is 1.30. The first kappa shape index (κ1) is 22.1. The van der Waals surface area contributed by atoms with E-state index in [1.165, 1.54) is 28.1 Å². The molecule has 12 heteroatoms. The summed E-state index contributed by atoms with van der Waals surface area (Å²) in [5.41, 5.74) is 2.76. The van der Waals surface area contributed by atoms with Gasteiger partial charge in [0.15, 0.2) is 5.82 Å². The van der Waals surface area contributed by atoms with E-state index in [1.807, 2.05) is 11.0 Å². The molecule has 0 spiro atoms. The molecule has 1 aromatic carbocycles. The zero-order valence-electron chi connectivity index (χ0n) is 17.7. The predicted octanol–water partition coefficient (Wildman–Crippen LogP) is 1.93. The van der Waals surface area contributed by atoms with Gasteiger partial charge in [-0.15, -0.1) is 5.10 Å². The number of anilines is 2. The number of halogens is 3. The molecule has 1 aromatic heterocycles. The third-order valence-electron chi connectivity index (χ3n) is 6.44. The number of amides is 1. The lowest BCUT2D eigenvalue weighted by atomic mass is 10.2. The molecule has 3 heterocycles. The fourth-order valence-electron chi connectivity index (χ4n) is 4.68. The van der Waals surface area contributed by atoms with Crippen LogP contribution in [0.2, 0.25) is 0 Å². The SMILES string of the molecule is O=C(N1CCc2cc(S(=O)(=O)N3CCN(c4cc5c(nn4)CCC5)CC3)ccc21)C(F)(F)F. The summed E-state index contributed by atoms with van der Waals surface area (Å²) in [6, 6.07) is 5.98. The molecule has 1 amide bonds. The van der Waals surface area contributed by atoms with Crippen molar-refractivity contribution in [3.05, 3.63) is 41.1 Å². The summed E-state index contributed by atoms with van der Waals surface area (Å²) in [5, 5.41) is 8.59. The predicted molar refractivity (Wildman–Crippen MR) is 114 cm³/mol. The summed E-state index contributed by atoms with van der Waals surface area (Å²) < 4.78 is 66.2. The number of carbonyl (C=O) groups excluding carboxylic acids is 1. The first-order chi connectivity index (χ1) is 15.6. The molecular weight excluding hydrogens is 459 g/mol. The first-order valence-corrected chi connectivity index (χ1v) is 12.2. The number of fused-ring (bicyclic) bond motifs is 2. The molecule has 33 heavy (non-hydrogen) atoms. The number of benzene rings is 1. The Morgan fingerprint density at radius 2 is 1.67 bits per heavy atom. The van der Waals surface area contributed by atoms with Gasteiger partial charge < -0.3 is 9.80 Å². The minimum Gasteiger partial charge on any atom is -0.352 e. The van der Waals surface area contributed by atoms with Gasteiger partial charge >= 0.3 is 12.1 Å². The van der Waals surface area contributed by atoms with Gasteiger partial charge in [0, 0.05) is 38.4 Å². The topological polar surface area (TPSA) is 86.7 Å². The highest BCUT2D eigenvalue weighted by atomic mass is 32.2. The van der Waals surface area contributed by atoms with Crippen LogP contribution in [0.5, 0.6) is 0 Å². The molecule has 1 saturated heterocycles. The molecule has 2 aliphatic heterocycles. The van der Waals surface area contributed by atoms with Crippen molar-refractivity contribution in [3.63, 3.8) is 0 Å². The molecule has 1 aliphatic carbocycles. The molecule has 0 saturated carbocycles. The number of aryl methyl sites for hydroxylation is 2. The highest BCUT2D eigenvalue weighted by Gasteiger charge is 2.45. The van der Waals surface area contributed by atoms with E-state index in [4.69, 9.17) is 0 Å². The van der Waals surface area contributed by atoms with Gasteiger partial charge in [0.2, 0.25) is 10.0 Å². The molecule has 1 fully saturated rings.